The van der Waals surface area contributed by atoms with E-state index in [2.05, 4.69) is 9.80 Å². The molecule has 1 saturated carbocycles. The number of pyridine rings is 1. The standard InChI is InChI=1S/C25H31N5O3S2/c1-17-6-5-9-29-21(17)26-22(28-12-10-27(11-13-28)14-15-31)19(23(29)32)16-20-24(33)30(25(34)35-20)18-7-3-2-4-8-18/h5-6,9,16,18,31H,2-4,7-8,10-15H2,1H3. The molecule has 3 fully saturated rings. The number of thiocarbonyl (C=S) groups is 1. The molecule has 5 rings (SSSR count). The highest BCUT2D eigenvalue weighted by Gasteiger charge is 2.38. The number of aryl methyl sites for hydroxylation is 1. The first-order valence-electron chi connectivity index (χ1n) is 12.3. The summed E-state index contributed by atoms with van der Waals surface area (Å²) in [4.78, 5) is 38.7. The molecule has 0 atom stereocenters. The van der Waals surface area contributed by atoms with Gasteiger partial charge in [-0.15, -0.1) is 0 Å². The van der Waals surface area contributed by atoms with E-state index in [4.69, 9.17) is 17.2 Å². The molecule has 10 heteroatoms. The molecular formula is C25H31N5O3S2. The molecule has 2 saturated heterocycles. The third kappa shape index (κ3) is 4.76. The smallest absolute Gasteiger partial charge is 0.267 e. The highest BCUT2D eigenvalue weighted by atomic mass is 32.2. The van der Waals surface area contributed by atoms with Gasteiger partial charge in [0.15, 0.2) is 0 Å². The molecule has 2 aliphatic heterocycles. The second-order valence-electron chi connectivity index (χ2n) is 9.43. The molecule has 1 N–H and O–H groups in total. The van der Waals surface area contributed by atoms with Gasteiger partial charge in [0.2, 0.25) is 0 Å². The number of hydrogen-bond acceptors (Lipinski definition) is 8. The molecule has 8 nitrogen and oxygen atoms in total. The van der Waals surface area contributed by atoms with Crippen molar-refractivity contribution in [2.24, 2.45) is 0 Å². The van der Waals surface area contributed by atoms with E-state index in [1.807, 2.05) is 19.1 Å². The Morgan fingerprint density at radius 2 is 1.91 bits per heavy atom. The van der Waals surface area contributed by atoms with Crippen molar-refractivity contribution >= 4 is 51.7 Å². The molecule has 186 valence electrons. The van der Waals surface area contributed by atoms with Crippen LogP contribution in [0.1, 0.15) is 43.2 Å². The van der Waals surface area contributed by atoms with E-state index >= 15 is 0 Å². The predicted molar refractivity (Wildman–Crippen MR) is 144 cm³/mol. The average Bonchev–Trinajstić information content (AvgIpc) is 3.15. The van der Waals surface area contributed by atoms with Gasteiger partial charge in [-0.2, -0.15) is 0 Å². The van der Waals surface area contributed by atoms with E-state index in [1.165, 1.54) is 18.2 Å². The van der Waals surface area contributed by atoms with Crippen molar-refractivity contribution in [3.63, 3.8) is 0 Å². The minimum atomic E-state index is -0.186. The number of amides is 1. The zero-order valence-corrected chi connectivity index (χ0v) is 21.6. The maximum absolute atomic E-state index is 13.7. The molecular weight excluding hydrogens is 482 g/mol. The maximum atomic E-state index is 13.7. The van der Waals surface area contributed by atoms with Gasteiger partial charge in [0.25, 0.3) is 11.5 Å². The lowest BCUT2D eigenvalue weighted by Gasteiger charge is -2.35. The number of thioether (sulfide) groups is 1. The van der Waals surface area contributed by atoms with E-state index in [9.17, 15) is 14.7 Å². The number of fused-ring (bicyclic) bond motifs is 1. The molecule has 3 aliphatic rings. The summed E-state index contributed by atoms with van der Waals surface area (Å²) in [5.74, 6) is 0.509. The Kier molecular flexibility index (Phi) is 7.24. The van der Waals surface area contributed by atoms with Crippen molar-refractivity contribution in [1.29, 1.82) is 0 Å². The zero-order valence-electron chi connectivity index (χ0n) is 20.0. The van der Waals surface area contributed by atoms with E-state index in [1.54, 1.807) is 21.6 Å². The predicted octanol–water partition coefficient (Wildman–Crippen LogP) is 2.65. The Labute approximate surface area is 214 Å². The van der Waals surface area contributed by atoms with Gasteiger partial charge in [0.1, 0.15) is 15.8 Å². The fraction of sp³-hybridized carbons (Fsp3) is 0.520. The number of hydrogen-bond donors (Lipinski definition) is 1. The Hall–Kier alpha value is -2.27. The number of anilines is 1. The molecule has 0 aromatic carbocycles. The number of carbonyl (C=O) groups is 1. The van der Waals surface area contributed by atoms with Crippen LogP contribution in [-0.2, 0) is 4.79 Å². The van der Waals surface area contributed by atoms with Crippen LogP contribution >= 0.6 is 24.0 Å². The molecule has 35 heavy (non-hydrogen) atoms. The van der Waals surface area contributed by atoms with Crippen molar-refractivity contribution in [2.75, 3.05) is 44.2 Å². The molecule has 1 amide bonds. The molecule has 2 aromatic rings. The van der Waals surface area contributed by atoms with Crippen molar-refractivity contribution in [3.05, 3.63) is 44.7 Å². The summed E-state index contributed by atoms with van der Waals surface area (Å²) >= 11 is 6.89. The van der Waals surface area contributed by atoms with Crippen LogP contribution in [0.2, 0.25) is 0 Å². The molecule has 0 spiro atoms. The number of nitrogens with zero attached hydrogens (tertiary/aromatic N) is 5. The summed E-state index contributed by atoms with van der Waals surface area (Å²) in [5.41, 5.74) is 1.78. The first-order chi connectivity index (χ1) is 17.0. The Morgan fingerprint density at radius 1 is 1.17 bits per heavy atom. The zero-order chi connectivity index (χ0) is 24.5. The fourth-order valence-corrected chi connectivity index (χ4v) is 6.64. The van der Waals surface area contributed by atoms with Gasteiger partial charge in [-0.3, -0.25) is 23.8 Å². The monoisotopic (exact) mass is 513 g/mol. The Bertz CT molecular complexity index is 1230. The summed E-state index contributed by atoms with van der Waals surface area (Å²) in [5, 5.41) is 9.28. The number of carbonyl (C=O) groups excluding carboxylic acids is 1. The molecule has 0 unspecified atom stereocenters. The van der Waals surface area contributed by atoms with Gasteiger partial charge in [-0.1, -0.05) is 49.3 Å². The SMILES string of the molecule is Cc1cccn2c(=O)c(C=C3SC(=S)N(C4CCCCC4)C3=O)c(N3CCN(CCO)CC3)nc12. The molecule has 2 aromatic heterocycles. The number of piperazine rings is 1. The van der Waals surface area contributed by atoms with Crippen LogP contribution in [0.15, 0.2) is 28.0 Å². The lowest BCUT2D eigenvalue weighted by molar-refractivity contribution is -0.124. The van der Waals surface area contributed by atoms with Crippen LogP contribution in [0.5, 0.6) is 0 Å². The quantitative estimate of drug-likeness (QED) is 0.483. The normalized spacial score (nSPS) is 21.6. The Morgan fingerprint density at radius 3 is 2.63 bits per heavy atom. The minimum Gasteiger partial charge on any atom is -0.395 e. The number of aromatic nitrogens is 2. The number of rotatable bonds is 5. The largest absolute Gasteiger partial charge is 0.395 e. The van der Waals surface area contributed by atoms with Crippen LogP contribution in [0, 0.1) is 6.92 Å². The second kappa shape index (κ2) is 10.4. The van der Waals surface area contributed by atoms with Gasteiger partial charge in [0.05, 0.1) is 17.1 Å². The lowest BCUT2D eigenvalue weighted by atomic mass is 9.94. The highest BCUT2D eigenvalue weighted by molar-refractivity contribution is 8.26. The van der Waals surface area contributed by atoms with Crippen LogP contribution in [0.3, 0.4) is 0 Å². The van der Waals surface area contributed by atoms with Gasteiger partial charge in [-0.05, 0) is 37.5 Å². The average molecular weight is 514 g/mol. The number of aliphatic hydroxyl groups excluding tert-OH is 1. The molecule has 0 bridgehead atoms. The summed E-state index contributed by atoms with van der Waals surface area (Å²) in [6, 6.07) is 3.94. The number of aliphatic hydroxyl groups is 1. The summed E-state index contributed by atoms with van der Waals surface area (Å²) < 4.78 is 2.14. The van der Waals surface area contributed by atoms with Crippen molar-refractivity contribution in [3.8, 4) is 0 Å². The van der Waals surface area contributed by atoms with Crippen molar-refractivity contribution in [2.45, 2.75) is 45.1 Å². The summed E-state index contributed by atoms with van der Waals surface area (Å²) in [7, 11) is 0. The maximum Gasteiger partial charge on any atom is 0.267 e. The van der Waals surface area contributed by atoms with Crippen LogP contribution in [0.25, 0.3) is 11.7 Å². The summed E-state index contributed by atoms with van der Waals surface area (Å²) in [6.45, 7) is 5.65. The van der Waals surface area contributed by atoms with E-state index in [0.29, 0.717) is 45.9 Å². The van der Waals surface area contributed by atoms with Crippen molar-refractivity contribution in [1.82, 2.24) is 19.2 Å². The fourth-order valence-electron chi connectivity index (χ4n) is 5.26. The third-order valence-electron chi connectivity index (χ3n) is 7.19. The van der Waals surface area contributed by atoms with Gasteiger partial charge in [-0.25, -0.2) is 4.98 Å². The summed E-state index contributed by atoms with van der Waals surface area (Å²) in [6.07, 6.45) is 8.82. The third-order valence-corrected chi connectivity index (χ3v) is 8.52. The van der Waals surface area contributed by atoms with Crippen LogP contribution in [0.4, 0.5) is 5.82 Å². The minimum absolute atomic E-state index is 0.0978. The van der Waals surface area contributed by atoms with E-state index < -0.39 is 0 Å². The first-order valence-corrected chi connectivity index (χ1v) is 13.6. The highest BCUT2D eigenvalue weighted by Crippen LogP contribution is 2.38. The Balaban J connectivity index is 1.55. The topological polar surface area (TPSA) is 81.4 Å². The van der Waals surface area contributed by atoms with Gasteiger partial charge < -0.3 is 10.0 Å². The number of β-amino-alcohol motifs (C(OH)–C–C–N with tert-alkyl or cyclic N) is 1. The lowest BCUT2D eigenvalue weighted by Crippen LogP contribution is -2.48. The van der Waals surface area contributed by atoms with Crippen molar-refractivity contribution < 1.29 is 9.90 Å². The second-order valence-corrected chi connectivity index (χ2v) is 11.1. The molecule has 4 heterocycles. The van der Waals surface area contributed by atoms with Crippen LogP contribution < -0.4 is 10.5 Å². The van der Waals surface area contributed by atoms with E-state index in [-0.39, 0.29) is 24.1 Å². The first kappa shape index (κ1) is 24.4. The van der Waals surface area contributed by atoms with E-state index in [0.717, 1.165) is 44.3 Å². The molecule has 1 aliphatic carbocycles. The molecule has 0 radical (unpaired) electrons. The van der Waals surface area contributed by atoms with Gasteiger partial charge >= 0.3 is 0 Å². The van der Waals surface area contributed by atoms with Crippen LogP contribution in [-0.4, -0.2) is 79.9 Å². The van der Waals surface area contributed by atoms with Gasteiger partial charge in [0, 0.05) is 45.0 Å².